The van der Waals surface area contributed by atoms with Crippen LogP contribution in [0.15, 0.2) is 35.1 Å². The van der Waals surface area contributed by atoms with Crippen LogP contribution in [0.25, 0.3) is 5.69 Å². The Morgan fingerprint density at radius 2 is 1.96 bits per heavy atom. The van der Waals surface area contributed by atoms with E-state index in [2.05, 4.69) is 10.4 Å². The van der Waals surface area contributed by atoms with E-state index in [1.54, 1.807) is 19.9 Å². The number of benzene rings is 1. The molecule has 0 saturated carbocycles. The Balaban J connectivity index is 2.49. The van der Waals surface area contributed by atoms with Crippen LogP contribution < -0.4 is 10.7 Å². The van der Waals surface area contributed by atoms with Gasteiger partial charge in [0, 0.05) is 17.8 Å². The van der Waals surface area contributed by atoms with Gasteiger partial charge in [-0.25, -0.2) is 9.48 Å². The number of aryl methyl sites for hydroxylation is 1. The highest BCUT2D eigenvalue weighted by Crippen LogP contribution is 2.22. The predicted molar refractivity (Wildman–Crippen MR) is 99.6 cm³/mol. The molecule has 0 aliphatic carbocycles. The summed E-state index contributed by atoms with van der Waals surface area (Å²) in [7, 11) is 0. The van der Waals surface area contributed by atoms with Crippen LogP contribution in [-0.2, 0) is 4.79 Å². The first kappa shape index (κ1) is 20.7. The number of para-hydroxylation sites is 2. The maximum Gasteiger partial charge on any atom is 0.326 e. The van der Waals surface area contributed by atoms with Gasteiger partial charge in [-0.2, -0.15) is 5.10 Å². The molecule has 2 N–H and O–H groups in total. The second-order valence-electron chi connectivity index (χ2n) is 6.65. The lowest BCUT2D eigenvalue weighted by Crippen LogP contribution is -2.43. The van der Waals surface area contributed by atoms with Crippen molar-refractivity contribution in [2.75, 3.05) is 0 Å². The van der Waals surface area contributed by atoms with E-state index in [4.69, 9.17) is 0 Å². The van der Waals surface area contributed by atoms with Crippen LogP contribution in [0.1, 0.15) is 36.5 Å². The van der Waals surface area contributed by atoms with Crippen molar-refractivity contribution in [3.63, 3.8) is 0 Å². The minimum Gasteiger partial charge on any atom is -0.480 e. The maximum absolute atomic E-state index is 12.5. The van der Waals surface area contributed by atoms with E-state index < -0.39 is 34.0 Å². The quantitative estimate of drug-likeness (QED) is 0.542. The molecule has 1 atom stereocenters. The number of aliphatic carboxylic acids is 1. The van der Waals surface area contributed by atoms with Crippen LogP contribution in [-0.4, -0.2) is 37.7 Å². The Bertz CT molecular complexity index is 982. The minimum atomic E-state index is -1.23. The first-order chi connectivity index (χ1) is 13.1. The number of nitrogens with zero attached hydrogens (tertiary/aromatic N) is 3. The Morgan fingerprint density at radius 1 is 1.32 bits per heavy atom. The topological polar surface area (TPSA) is 144 Å². The third-order valence-corrected chi connectivity index (χ3v) is 3.94. The standard InChI is InChI=1S/C18H20N4O6/c1-10(2)8-12(18(25)26)19-17(24)16-15(23)9-11(3)21(20-16)13-6-4-5-7-14(13)22(27)28/h4-7,9-10,12H,8H2,1-3H3,(H,19,24)(H,25,26)/t12-/m0/s1. The van der Waals surface area contributed by atoms with Crippen molar-refractivity contribution in [1.29, 1.82) is 0 Å². The average Bonchev–Trinajstić information content (AvgIpc) is 2.60. The molecule has 1 heterocycles. The number of hydrogen-bond donors (Lipinski definition) is 2. The van der Waals surface area contributed by atoms with Gasteiger partial charge in [-0.1, -0.05) is 26.0 Å². The molecule has 0 radical (unpaired) electrons. The van der Waals surface area contributed by atoms with Gasteiger partial charge in [0.05, 0.1) is 4.92 Å². The van der Waals surface area contributed by atoms with Crippen LogP contribution in [0.4, 0.5) is 5.69 Å². The fourth-order valence-electron chi connectivity index (χ4n) is 2.67. The van der Waals surface area contributed by atoms with E-state index in [-0.39, 0.29) is 29.4 Å². The molecule has 0 saturated heterocycles. The SMILES string of the molecule is Cc1cc(=O)c(C(=O)N[C@@H](CC(C)C)C(=O)O)nn1-c1ccccc1[N+](=O)[O-]. The number of nitro groups is 1. The molecule has 1 aromatic heterocycles. The van der Waals surface area contributed by atoms with Gasteiger partial charge in [-0.3, -0.25) is 19.7 Å². The van der Waals surface area contributed by atoms with Gasteiger partial charge in [0.2, 0.25) is 5.43 Å². The van der Waals surface area contributed by atoms with Gasteiger partial charge >= 0.3 is 5.97 Å². The molecule has 148 valence electrons. The van der Waals surface area contributed by atoms with Gasteiger partial charge in [0.25, 0.3) is 11.6 Å². The van der Waals surface area contributed by atoms with E-state index in [1.165, 1.54) is 25.1 Å². The molecule has 0 fully saturated rings. The highest BCUT2D eigenvalue weighted by atomic mass is 16.6. The van der Waals surface area contributed by atoms with Crippen molar-refractivity contribution in [3.05, 3.63) is 62.1 Å². The van der Waals surface area contributed by atoms with Crippen molar-refractivity contribution >= 4 is 17.6 Å². The normalized spacial score (nSPS) is 11.9. The monoisotopic (exact) mass is 388 g/mol. The molecule has 28 heavy (non-hydrogen) atoms. The summed E-state index contributed by atoms with van der Waals surface area (Å²) >= 11 is 0. The molecule has 0 bridgehead atoms. The molecular weight excluding hydrogens is 368 g/mol. The van der Waals surface area contributed by atoms with Gasteiger partial charge in [0.1, 0.15) is 11.7 Å². The largest absolute Gasteiger partial charge is 0.480 e. The van der Waals surface area contributed by atoms with Crippen molar-refractivity contribution < 1.29 is 19.6 Å². The van der Waals surface area contributed by atoms with E-state index >= 15 is 0 Å². The van der Waals surface area contributed by atoms with Crippen LogP contribution in [0, 0.1) is 23.0 Å². The zero-order valence-electron chi connectivity index (χ0n) is 15.6. The fraction of sp³-hybridized carbons (Fsp3) is 0.333. The van der Waals surface area contributed by atoms with E-state index in [0.717, 1.165) is 10.7 Å². The Kier molecular flexibility index (Phi) is 6.24. The zero-order chi connectivity index (χ0) is 21.0. The average molecular weight is 388 g/mol. The van der Waals surface area contributed by atoms with Crippen LogP contribution in [0.5, 0.6) is 0 Å². The number of nitro benzene ring substituents is 1. The number of rotatable bonds is 7. The van der Waals surface area contributed by atoms with Gasteiger partial charge in [-0.15, -0.1) is 0 Å². The van der Waals surface area contributed by atoms with Crippen molar-refractivity contribution in [1.82, 2.24) is 15.1 Å². The predicted octanol–water partition coefficient (Wildman–Crippen LogP) is 1.68. The molecule has 10 nitrogen and oxygen atoms in total. The lowest BCUT2D eigenvalue weighted by atomic mass is 10.0. The molecule has 2 rings (SSSR count). The zero-order valence-corrected chi connectivity index (χ0v) is 15.6. The summed E-state index contributed by atoms with van der Waals surface area (Å²) in [4.78, 5) is 46.8. The van der Waals surface area contributed by atoms with Crippen molar-refractivity contribution in [2.45, 2.75) is 33.2 Å². The van der Waals surface area contributed by atoms with Crippen LogP contribution in [0.3, 0.4) is 0 Å². The van der Waals surface area contributed by atoms with E-state index in [1.807, 2.05) is 0 Å². The summed E-state index contributed by atoms with van der Waals surface area (Å²) in [6, 6.07) is 5.69. The van der Waals surface area contributed by atoms with Crippen LogP contribution >= 0.6 is 0 Å². The number of amides is 1. The number of aromatic nitrogens is 2. The summed E-state index contributed by atoms with van der Waals surface area (Å²) in [6.45, 7) is 5.12. The number of carbonyl (C=O) groups is 2. The molecule has 2 aromatic rings. The highest BCUT2D eigenvalue weighted by molar-refractivity contribution is 5.94. The van der Waals surface area contributed by atoms with Gasteiger partial charge in [-0.05, 0) is 25.3 Å². The minimum absolute atomic E-state index is 0.00370. The second kappa shape index (κ2) is 8.42. The molecule has 10 heteroatoms. The number of carbonyl (C=O) groups excluding carboxylic acids is 1. The summed E-state index contributed by atoms with van der Waals surface area (Å²) in [5.74, 6) is -2.19. The molecule has 1 aromatic carbocycles. The molecule has 0 aliphatic rings. The summed E-state index contributed by atoms with van der Waals surface area (Å²) < 4.78 is 1.12. The smallest absolute Gasteiger partial charge is 0.326 e. The van der Waals surface area contributed by atoms with Crippen LogP contribution in [0.2, 0.25) is 0 Å². The molecule has 1 amide bonds. The number of carboxylic acid groups (broad SMARTS) is 1. The van der Waals surface area contributed by atoms with Crippen molar-refractivity contribution in [3.8, 4) is 5.69 Å². The lowest BCUT2D eigenvalue weighted by molar-refractivity contribution is -0.384. The number of hydrogen-bond acceptors (Lipinski definition) is 6. The Morgan fingerprint density at radius 3 is 2.54 bits per heavy atom. The van der Waals surface area contributed by atoms with Crippen molar-refractivity contribution in [2.24, 2.45) is 5.92 Å². The molecule has 0 aliphatic heterocycles. The van der Waals surface area contributed by atoms with E-state index in [0.29, 0.717) is 0 Å². The second-order valence-corrected chi connectivity index (χ2v) is 6.65. The third-order valence-electron chi connectivity index (χ3n) is 3.94. The Labute approximate surface area is 160 Å². The summed E-state index contributed by atoms with van der Waals surface area (Å²) in [6.07, 6.45) is 0.172. The Hall–Kier alpha value is -3.56. The fourth-order valence-corrected chi connectivity index (χ4v) is 2.67. The highest BCUT2D eigenvalue weighted by Gasteiger charge is 2.25. The molecule has 0 spiro atoms. The van der Waals surface area contributed by atoms with Gasteiger partial charge in [0.15, 0.2) is 5.69 Å². The summed E-state index contributed by atoms with van der Waals surface area (Å²) in [5.41, 5.74) is -1.14. The van der Waals surface area contributed by atoms with E-state index in [9.17, 15) is 29.6 Å². The first-order valence-electron chi connectivity index (χ1n) is 8.50. The lowest BCUT2D eigenvalue weighted by Gasteiger charge is -2.16. The molecular formula is C18H20N4O6. The maximum atomic E-state index is 12.5. The number of carboxylic acids is 1. The third kappa shape index (κ3) is 4.58. The first-order valence-corrected chi connectivity index (χ1v) is 8.50. The van der Waals surface area contributed by atoms with Gasteiger partial charge < -0.3 is 10.4 Å². The summed E-state index contributed by atoms with van der Waals surface area (Å²) in [5, 5.41) is 26.8. The number of nitrogens with one attached hydrogen (secondary N) is 1. The molecule has 0 unspecified atom stereocenters.